The molecule has 4 aromatic rings. The Morgan fingerprint density at radius 1 is 0.618 bits per heavy atom. The van der Waals surface area contributed by atoms with Gasteiger partial charge in [0.15, 0.2) is 0 Å². The van der Waals surface area contributed by atoms with Crippen LogP contribution in [0.2, 0.25) is 0 Å². The first kappa shape index (κ1) is 23.1. The van der Waals surface area contributed by atoms with E-state index in [0.29, 0.717) is 0 Å². The van der Waals surface area contributed by atoms with Gasteiger partial charge in [-0.2, -0.15) is 4.31 Å². The van der Waals surface area contributed by atoms with Gasteiger partial charge < -0.3 is 0 Å². The Balaban J connectivity index is 1.81. The first-order valence-corrected chi connectivity index (χ1v) is 12.3. The van der Waals surface area contributed by atoms with Crippen LogP contribution < -0.4 is 0 Å². The molecule has 34 heavy (non-hydrogen) atoms. The summed E-state index contributed by atoms with van der Waals surface area (Å²) in [4.78, 5) is 0.207. The maximum Gasteiger partial charge on any atom is 0.245 e. The molecule has 0 saturated carbocycles. The zero-order chi connectivity index (χ0) is 23.6. The minimum Gasteiger partial charge on any atom is -0.207 e. The lowest BCUT2D eigenvalue weighted by Crippen LogP contribution is -2.35. The highest BCUT2D eigenvalue weighted by molar-refractivity contribution is 7.89. The summed E-state index contributed by atoms with van der Waals surface area (Å²) >= 11 is 0. The van der Waals surface area contributed by atoms with Crippen LogP contribution in [0.1, 0.15) is 22.7 Å². The van der Waals surface area contributed by atoms with Gasteiger partial charge in [-0.3, -0.25) is 0 Å². The highest BCUT2D eigenvalue weighted by Gasteiger charge is 2.31. The van der Waals surface area contributed by atoms with Gasteiger partial charge in [-0.25, -0.2) is 8.42 Å². The third kappa shape index (κ3) is 5.82. The molecule has 3 nitrogen and oxygen atoms in total. The Bertz CT molecular complexity index is 1430. The topological polar surface area (TPSA) is 37.4 Å². The summed E-state index contributed by atoms with van der Waals surface area (Å²) in [7, 11) is -3.88. The van der Waals surface area contributed by atoms with Gasteiger partial charge in [0.2, 0.25) is 10.0 Å². The molecule has 0 aromatic heterocycles. The van der Waals surface area contributed by atoms with E-state index in [1.54, 1.807) is 30.3 Å². The summed E-state index contributed by atoms with van der Waals surface area (Å²) in [5, 5.41) is 0. The second kappa shape index (κ2) is 11.2. The van der Waals surface area contributed by atoms with Gasteiger partial charge in [0, 0.05) is 11.1 Å². The van der Waals surface area contributed by atoms with Crippen LogP contribution >= 0.6 is 0 Å². The van der Waals surface area contributed by atoms with Gasteiger partial charge >= 0.3 is 0 Å². The lowest BCUT2D eigenvalue weighted by Gasteiger charge is -2.26. The zero-order valence-corrected chi connectivity index (χ0v) is 19.3. The summed E-state index contributed by atoms with van der Waals surface area (Å²) in [6, 6.07) is 36.2. The first-order valence-electron chi connectivity index (χ1n) is 10.9. The van der Waals surface area contributed by atoms with Crippen LogP contribution in [0.15, 0.2) is 126 Å². The fraction of sp³-hybridized carbons (Fsp3) is 0.0667. The van der Waals surface area contributed by atoms with Crippen molar-refractivity contribution in [3.8, 4) is 23.7 Å². The van der Waals surface area contributed by atoms with E-state index < -0.39 is 16.1 Å². The maximum atomic E-state index is 13.8. The van der Waals surface area contributed by atoms with Gasteiger partial charge in [-0.05, 0) is 42.0 Å². The molecule has 0 N–H and O–H groups in total. The normalized spacial score (nSPS) is 11.6. The monoisotopic (exact) mass is 461 g/mol. The molecule has 0 aliphatic heterocycles. The smallest absolute Gasteiger partial charge is 0.207 e. The molecule has 4 aromatic carbocycles. The van der Waals surface area contributed by atoms with E-state index >= 15 is 0 Å². The summed E-state index contributed by atoms with van der Waals surface area (Å²) in [5.74, 6) is 12.5. The molecule has 0 spiro atoms. The van der Waals surface area contributed by atoms with Crippen molar-refractivity contribution in [3.63, 3.8) is 0 Å². The van der Waals surface area contributed by atoms with Crippen LogP contribution in [0.25, 0.3) is 0 Å². The van der Waals surface area contributed by atoms with Crippen LogP contribution in [0, 0.1) is 23.7 Å². The average molecular weight is 462 g/mol. The van der Waals surface area contributed by atoms with Crippen molar-refractivity contribution in [2.75, 3.05) is 6.54 Å². The summed E-state index contributed by atoms with van der Waals surface area (Å²) in [6.45, 7) is -0.00481. The molecule has 0 radical (unpaired) electrons. The van der Waals surface area contributed by atoms with Crippen LogP contribution in [0.5, 0.6) is 0 Å². The van der Waals surface area contributed by atoms with Crippen molar-refractivity contribution in [1.82, 2.24) is 4.31 Å². The number of nitrogens with zero attached hydrogens (tertiary/aromatic N) is 1. The van der Waals surface area contributed by atoms with Crippen LogP contribution in [-0.2, 0) is 10.0 Å². The maximum absolute atomic E-state index is 13.8. The largest absolute Gasteiger partial charge is 0.245 e. The SMILES string of the molecule is O=S(=O)(c1ccccc1)N(CC#Cc1ccccc1)C(C#Cc1ccccc1)c1ccccc1. The van der Waals surface area contributed by atoms with Crippen molar-refractivity contribution in [3.05, 3.63) is 138 Å². The lowest BCUT2D eigenvalue weighted by molar-refractivity contribution is 0.410. The van der Waals surface area contributed by atoms with E-state index in [1.807, 2.05) is 91.0 Å². The van der Waals surface area contributed by atoms with Crippen LogP contribution in [-0.4, -0.2) is 19.3 Å². The molecule has 0 aliphatic rings. The number of hydrogen-bond donors (Lipinski definition) is 0. The summed E-state index contributed by atoms with van der Waals surface area (Å²) < 4.78 is 29.0. The molecule has 0 amide bonds. The highest BCUT2D eigenvalue weighted by Crippen LogP contribution is 2.27. The van der Waals surface area contributed by atoms with E-state index in [9.17, 15) is 8.42 Å². The fourth-order valence-electron chi connectivity index (χ4n) is 3.41. The van der Waals surface area contributed by atoms with E-state index in [2.05, 4.69) is 23.7 Å². The number of rotatable bonds is 5. The van der Waals surface area contributed by atoms with E-state index in [4.69, 9.17) is 0 Å². The molecule has 4 rings (SSSR count). The van der Waals surface area contributed by atoms with Crippen LogP contribution in [0.3, 0.4) is 0 Å². The molecule has 0 bridgehead atoms. The second-order valence-corrected chi connectivity index (χ2v) is 9.37. The van der Waals surface area contributed by atoms with Gasteiger partial charge in [-0.15, -0.1) is 0 Å². The number of sulfonamides is 1. The molecule has 0 aliphatic carbocycles. The number of benzene rings is 4. The Hall–Kier alpha value is -4.09. The third-order valence-corrected chi connectivity index (χ3v) is 6.95. The average Bonchev–Trinajstić information content (AvgIpc) is 2.90. The Kier molecular flexibility index (Phi) is 7.58. The number of hydrogen-bond acceptors (Lipinski definition) is 2. The Morgan fingerprint density at radius 3 is 1.65 bits per heavy atom. The summed E-state index contributed by atoms with van der Waals surface area (Å²) in [6.07, 6.45) is 0. The minimum atomic E-state index is -3.88. The van der Waals surface area contributed by atoms with Crippen molar-refractivity contribution in [2.45, 2.75) is 10.9 Å². The molecule has 4 heteroatoms. The molecular formula is C30H23NO2S. The minimum absolute atomic E-state index is 0.00481. The lowest BCUT2D eigenvalue weighted by atomic mass is 10.1. The zero-order valence-electron chi connectivity index (χ0n) is 18.5. The molecule has 1 atom stereocenters. The predicted octanol–water partition coefficient (Wildman–Crippen LogP) is 5.52. The van der Waals surface area contributed by atoms with E-state index in [0.717, 1.165) is 16.7 Å². The molecule has 1 unspecified atom stereocenters. The molecule has 0 saturated heterocycles. The van der Waals surface area contributed by atoms with Gasteiger partial charge in [0.25, 0.3) is 0 Å². The van der Waals surface area contributed by atoms with E-state index in [1.165, 1.54) is 4.31 Å². The van der Waals surface area contributed by atoms with Crippen LogP contribution in [0.4, 0.5) is 0 Å². The summed E-state index contributed by atoms with van der Waals surface area (Å²) in [5.41, 5.74) is 2.42. The molecule has 166 valence electrons. The molecular weight excluding hydrogens is 438 g/mol. The van der Waals surface area contributed by atoms with Gasteiger partial charge in [0.1, 0.15) is 6.04 Å². The Labute approximate surface area is 201 Å². The van der Waals surface area contributed by atoms with Crippen molar-refractivity contribution in [2.24, 2.45) is 0 Å². The Morgan fingerprint density at radius 2 is 1.09 bits per heavy atom. The van der Waals surface area contributed by atoms with Crippen molar-refractivity contribution >= 4 is 10.0 Å². The standard InChI is InChI=1S/C30H23NO2S/c32-34(33,29-21-11-4-12-22-29)31(25-13-18-26-14-5-1-6-15-26)30(28-19-9-3-10-20-28)24-23-27-16-7-2-8-17-27/h1-12,14-17,19-22,30H,25H2. The molecule has 0 fully saturated rings. The van der Waals surface area contributed by atoms with Crippen molar-refractivity contribution in [1.29, 1.82) is 0 Å². The van der Waals surface area contributed by atoms with Gasteiger partial charge in [-0.1, -0.05) is 109 Å². The quantitative estimate of drug-likeness (QED) is 0.367. The third-order valence-electron chi connectivity index (χ3n) is 5.12. The molecule has 0 heterocycles. The van der Waals surface area contributed by atoms with Crippen molar-refractivity contribution < 1.29 is 8.42 Å². The fourth-order valence-corrected chi connectivity index (χ4v) is 4.87. The first-order chi connectivity index (χ1) is 16.6. The second-order valence-electron chi connectivity index (χ2n) is 7.48. The van der Waals surface area contributed by atoms with Gasteiger partial charge in [0.05, 0.1) is 11.4 Å². The predicted molar refractivity (Wildman–Crippen MR) is 136 cm³/mol. The van der Waals surface area contributed by atoms with E-state index in [-0.39, 0.29) is 11.4 Å². The highest BCUT2D eigenvalue weighted by atomic mass is 32.2.